The molecule has 0 saturated heterocycles. The predicted octanol–water partition coefficient (Wildman–Crippen LogP) is 8.81. The van der Waals surface area contributed by atoms with Crippen LogP contribution in [0.4, 0.5) is 0 Å². The Morgan fingerprint density at radius 1 is 0.531 bits per heavy atom. The van der Waals surface area contributed by atoms with Gasteiger partial charge in [0.05, 0.1) is 0 Å². The van der Waals surface area contributed by atoms with Crippen LogP contribution in [-0.2, 0) is 25.7 Å². The summed E-state index contributed by atoms with van der Waals surface area (Å²) in [6.45, 7) is 2.17. The Morgan fingerprint density at radius 3 is 1.31 bits per heavy atom. The average molecular weight is 445 g/mol. The Labute approximate surface area is 200 Å². The van der Waals surface area contributed by atoms with Crippen molar-refractivity contribution < 1.29 is 0 Å². The molecule has 1 aliphatic rings. The Kier molecular flexibility index (Phi) is 8.46. The van der Waals surface area contributed by atoms with Gasteiger partial charge in [-0.25, -0.2) is 0 Å². The van der Waals surface area contributed by atoms with Crippen LogP contribution in [-0.4, -0.2) is 0 Å². The molecule has 168 valence electrons. The Balaban J connectivity index is 1.14. The zero-order valence-electron chi connectivity index (χ0n) is 19.5. The molecule has 0 amide bonds. The molecule has 0 atom stereocenters. The van der Waals surface area contributed by atoms with E-state index in [1.54, 1.807) is 0 Å². The lowest BCUT2D eigenvalue weighted by Gasteiger charge is -2.28. The first-order valence-corrected chi connectivity index (χ1v) is 12.9. The van der Waals surface area contributed by atoms with E-state index in [2.05, 4.69) is 67.6 Å². The van der Waals surface area contributed by atoms with Crippen LogP contribution >= 0.6 is 11.6 Å². The summed E-state index contributed by atoms with van der Waals surface area (Å²) >= 11 is 5.98. The van der Waals surface area contributed by atoms with E-state index in [0.29, 0.717) is 0 Å². The molecule has 32 heavy (non-hydrogen) atoms. The summed E-state index contributed by atoms with van der Waals surface area (Å²) in [6.07, 6.45) is 13.1. The molecular weight excluding hydrogens is 408 g/mol. The molecule has 0 nitrogen and oxygen atoms in total. The van der Waals surface area contributed by atoms with E-state index in [9.17, 15) is 0 Å². The van der Waals surface area contributed by atoms with Crippen LogP contribution in [0.15, 0.2) is 72.8 Å². The van der Waals surface area contributed by atoms with Crippen molar-refractivity contribution >= 4 is 11.6 Å². The minimum atomic E-state index is 0.814. The van der Waals surface area contributed by atoms with E-state index >= 15 is 0 Å². The molecule has 0 spiro atoms. The molecule has 0 N–H and O–H groups in total. The zero-order valence-corrected chi connectivity index (χ0v) is 20.3. The highest BCUT2D eigenvalue weighted by atomic mass is 35.5. The molecule has 1 saturated carbocycles. The number of halogens is 1. The second-order valence-electron chi connectivity index (χ2n) is 9.89. The van der Waals surface area contributed by atoms with E-state index in [0.717, 1.165) is 29.7 Å². The molecule has 3 aromatic carbocycles. The fraction of sp³-hybridized carbons (Fsp3) is 0.419. The second kappa shape index (κ2) is 11.7. The van der Waals surface area contributed by atoms with Gasteiger partial charge >= 0.3 is 0 Å². The van der Waals surface area contributed by atoms with Crippen LogP contribution in [0, 0.1) is 18.8 Å². The first-order chi connectivity index (χ1) is 15.6. The number of hydrogen-bond acceptors (Lipinski definition) is 0. The lowest BCUT2D eigenvalue weighted by Crippen LogP contribution is -2.15. The highest BCUT2D eigenvalue weighted by molar-refractivity contribution is 6.30. The number of hydrogen-bond donors (Lipinski definition) is 0. The van der Waals surface area contributed by atoms with Gasteiger partial charge in [-0.15, -0.1) is 0 Å². The standard InChI is InChI=1S/C31H37Cl/c1-24-2-4-25(5-3-24)6-7-26-8-10-27(11-9-26)12-13-28-14-16-29(17-15-28)18-19-30-20-22-31(32)23-21-30/h2-5,14-17,20-23,26-27H,6-13,18-19H2,1H3. The lowest BCUT2D eigenvalue weighted by atomic mass is 9.77. The van der Waals surface area contributed by atoms with Crippen molar-refractivity contribution in [2.45, 2.75) is 71.1 Å². The maximum absolute atomic E-state index is 5.98. The summed E-state index contributed by atoms with van der Waals surface area (Å²) in [5.74, 6) is 1.86. The third kappa shape index (κ3) is 7.24. The fourth-order valence-electron chi connectivity index (χ4n) is 5.12. The molecule has 4 rings (SSSR count). The number of aryl methyl sites for hydroxylation is 5. The summed E-state index contributed by atoms with van der Waals surface area (Å²) in [5, 5.41) is 0.814. The molecular formula is C31H37Cl. The molecule has 0 unspecified atom stereocenters. The molecule has 0 radical (unpaired) electrons. The molecule has 1 fully saturated rings. The van der Waals surface area contributed by atoms with E-state index in [1.807, 2.05) is 12.1 Å². The van der Waals surface area contributed by atoms with Gasteiger partial charge in [-0.05, 0) is 91.7 Å². The SMILES string of the molecule is Cc1ccc(CCC2CCC(CCc3ccc(CCc4ccc(Cl)cc4)cc3)CC2)cc1. The first kappa shape index (κ1) is 23.1. The van der Waals surface area contributed by atoms with Crippen molar-refractivity contribution in [3.8, 4) is 0 Å². The summed E-state index contributed by atoms with van der Waals surface area (Å²) in [6, 6.07) is 26.7. The predicted molar refractivity (Wildman–Crippen MR) is 139 cm³/mol. The molecule has 0 bridgehead atoms. The maximum atomic E-state index is 5.98. The van der Waals surface area contributed by atoms with Crippen LogP contribution in [0.3, 0.4) is 0 Å². The van der Waals surface area contributed by atoms with Crippen molar-refractivity contribution in [3.05, 3.63) is 106 Å². The summed E-state index contributed by atoms with van der Waals surface area (Å²) in [5.41, 5.74) is 7.16. The van der Waals surface area contributed by atoms with E-state index < -0.39 is 0 Å². The van der Waals surface area contributed by atoms with Gasteiger partial charge in [-0.3, -0.25) is 0 Å². The second-order valence-corrected chi connectivity index (χ2v) is 10.3. The molecule has 0 aliphatic heterocycles. The molecule has 0 aromatic heterocycles. The molecule has 0 heterocycles. The van der Waals surface area contributed by atoms with Crippen LogP contribution in [0.25, 0.3) is 0 Å². The van der Waals surface area contributed by atoms with Crippen molar-refractivity contribution in [3.63, 3.8) is 0 Å². The van der Waals surface area contributed by atoms with Crippen LogP contribution in [0.5, 0.6) is 0 Å². The quantitative estimate of drug-likeness (QED) is 0.309. The van der Waals surface area contributed by atoms with Crippen molar-refractivity contribution in [2.24, 2.45) is 11.8 Å². The van der Waals surface area contributed by atoms with Crippen molar-refractivity contribution in [1.29, 1.82) is 0 Å². The monoisotopic (exact) mass is 444 g/mol. The number of benzene rings is 3. The maximum Gasteiger partial charge on any atom is 0.0406 e. The average Bonchev–Trinajstić information content (AvgIpc) is 2.83. The minimum Gasteiger partial charge on any atom is -0.0843 e. The van der Waals surface area contributed by atoms with Gasteiger partial charge in [0.25, 0.3) is 0 Å². The van der Waals surface area contributed by atoms with Gasteiger partial charge in [-0.2, -0.15) is 0 Å². The summed E-state index contributed by atoms with van der Waals surface area (Å²) in [7, 11) is 0. The third-order valence-corrected chi connectivity index (χ3v) is 7.66. The first-order valence-electron chi connectivity index (χ1n) is 12.5. The van der Waals surface area contributed by atoms with Crippen LogP contribution in [0.2, 0.25) is 5.02 Å². The van der Waals surface area contributed by atoms with Gasteiger partial charge in [-0.1, -0.05) is 104 Å². The normalized spacial score (nSPS) is 18.6. The smallest absolute Gasteiger partial charge is 0.0406 e. The summed E-state index contributed by atoms with van der Waals surface area (Å²) in [4.78, 5) is 0. The Morgan fingerprint density at radius 2 is 0.875 bits per heavy atom. The molecule has 1 aliphatic carbocycles. The molecule has 1 heteroatoms. The Bertz CT molecular complexity index is 929. The van der Waals surface area contributed by atoms with E-state index in [4.69, 9.17) is 11.6 Å². The fourth-order valence-corrected chi connectivity index (χ4v) is 5.24. The van der Waals surface area contributed by atoms with E-state index in [-0.39, 0.29) is 0 Å². The van der Waals surface area contributed by atoms with Gasteiger partial charge in [0.1, 0.15) is 0 Å². The zero-order chi connectivity index (χ0) is 22.2. The van der Waals surface area contributed by atoms with Crippen molar-refractivity contribution in [2.75, 3.05) is 0 Å². The minimum absolute atomic E-state index is 0.814. The highest BCUT2D eigenvalue weighted by Gasteiger charge is 2.20. The lowest BCUT2D eigenvalue weighted by molar-refractivity contribution is 0.253. The van der Waals surface area contributed by atoms with Gasteiger partial charge < -0.3 is 0 Å². The van der Waals surface area contributed by atoms with Crippen LogP contribution < -0.4 is 0 Å². The van der Waals surface area contributed by atoms with E-state index in [1.165, 1.54) is 79.2 Å². The highest BCUT2D eigenvalue weighted by Crippen LogP contribution is 2.34. The summed E-state index contributed by atoms with van der Waals surface area (Å²) < 4.78 is 0. The molecule has 3 aromatic rings. The Hall–Kier alpha value is -2.05. The van der Waals surface area contributed by atoms with Gasteiger partial charge in [0.2, 0.25) is 0 Å². The van der Waals surface area contributed by atoms with Crippen LogP contribution in [0.1, 0.15) is 66.3 Å². The largest absolute Gasteiger partial charge is 0.0843 e. The topological polar surface area (TPSA) is 0 Å². The third-order valence-electron chi connectivity index (χ3n) is 7.41. The van der Waals surface area contributed by atoms with Gasteiger partial charge in [0.15, 0.2) is 0 Å². The van der Waals surface area contributed by atoms with Crippen molar-refractivity contribution in [1.82, 2.24) is 0 Å². The number of rotatable bonds is 9. The van der Waals surface area contributed by atoms with Gasteiger partial charge in [0, 0.05) is 5.02 Å².